The first-order valence-electron chi connectivity index (χ1n) is 6.02. The third-order valence-electron chi connectivity index (χ3n) is 2.62. The fourth-order valence-corrected chi connectivity index (χ4v) is 1.62. The summed E-state index contributed by atoms with van der Waals surface area (Å²) in [6.07, 6.45) is 0.118. The number of benzene rings is 2. The molecule has 0 aliphatic heterocycles. The zero-order valence-electron chi connectivity index (χ0n) is 10.6. The number of hydrogen-bond acceptors (Lipinski definition) is 4. The average molecular weight is 270 g/mol. The minimum Gasteiger partial charge on any atom is -0.508 e. The van der Waals surface area contributed by atoms with E-state index in [0.717, 1.165) is 0 Å². The molecule has 2 aromatic carbocycles. The molecule has 20 heavy (non-hydrogen) atoms. The molecule has 2 aromatic rings. The number of hydrazone groups is 1. The van der Waals surface area contributed by atoms with E-state index < -0.39 is 12.0 Å². The number of nitrogens with zero attached hydrogens (tertiary/aromatic N) is 1. The van der Waals surface area contributed by atoms with Crippen molar-refractivity contribution in [1.29, 1.82) is 0 Å². The number of amides is 1. The van der Waals surface area contributed by atoms with Gasteiger partial charge in [0.1, 0.15) is 5.75 Å². The molecule has 102 valence electrons. The van der Waals surface area contributed by atoms with Crippen molar-refractivity contribution in [3.63, 3.8) is 0 Å². The summed E-state index contributed by atoms with van der Waals surface area (Å²) in [6.45, 7) is 0. The third-order valence-corrected chi connectivity index (χ3v) is 2.62. The maximum absolute atomic E-state index is 11.7. The maximum Gasteiger partial charge on any atom is 0.273 e. The normalized spacial score (nSPS) is 12.2. The fourth-order valence-electron chi connectivity index (χ4n) is 1.62. The van der Waals surface area contributed by atoms with Crippen LogP contribution in [0.15, 0.2) is 59.7 Å². The summed E-state index contributed by atoms with van der Waals surface area (Å²) in [5.74, 6) is -0.503. The highest BCUT2D eigenvalue weighted by molar-refractivity contribution is 5.85. The first-order chi connectivity index (χ1) is 9.66. The van der Waals surface area contributed by atoms with Crippen LogP contribution in [0.25, 0.3) is 0 Å². The molecule has 3 N–H and O–H groups in total. The van der Waals surface area contributed by atoms with E-state index in [1.807, 2.05) is 0 Å². The van der Waals surface area contributed by atoms with Crippen molar-refractivity contribution in [2.75, 3.05) is 0 Å². The van der Waals surface area contributed by atoms with Gasteiger partial charge in [-0.1, -0.05) is 42.5 Å². The number of phenolic OH excluding ortho intramolecular Hbond substituents is 1. The number of carbonyl (C=O) groups excluding carboxylic acids is 1. The molecule has 1 atom stereocenters. The van der Waals surface area contributed by atoms with Gasteiger partial charge in [-0.25, -0.2) is 5.43 Å². The molecule has 0 heterocycles. The van der Waals surface area contributed by atoms with Crippen molar-refractivity contribution >= 4 is 12.1 Å². The Morgan fingerprint density at radius 2 is 1.90 bits per heavy atom. The lowest BCUT2D eigenvalue weighted by atomic mass is 10.1. The number of aliphatic hydroxyl groups is 1. The van der Waals surface area contributed by atoms with Crippen LogP contribution in [-0.2, 0) is 4.79 Å². The highest BCUT2D eigenvalue weighted by Crippen LogP contribution is 2.12. The maximum atomic E-state index is 11.7. The summed E-state index contributed by atoms with van der Waals surface area (Å²) in [5.41, 5.74) is 3.38. The summed E-state index contributed by atoms with van der Waals surface area (Å²) >= 11 is 0. The second-order valence-electron chi connectivity index (χ2n) is 4.14. The molecule has 0 fully saturated rings. The number of hydrogen-bond donors (Lipinski definition) is 3. The number of aliphatic hydroxyl groups excluding tert-OH is 1. The van der Waals surface area contributed by atoms with E-state index in [4.69, 9.17) is 0 Å². The molecular formula is C15H14N2O3. The monoisotopic (exact) mass is 270 g/mol. The fraction of sp³-hybridized carbons (Fsp3) is 0.0667. The van der Waals surface area contributed by atoms with Crippen molar-refractivity contribution in [2.24, 2.45) is 5.10 Å². The number of carbonyl (C=O) groups is 1. The smallest absolute Gasteiger partial charge is 0.273 e. The number of phenols is 1. The average Bonchev–Trinajstić information content (AvgIpc) is 2.47. The van der Waals surface area contributed by atoms with E-state index in [2.05, 4.69) is 10.5 Å². The zero-order valence-corrected chi connectivity index (χ0v) is 10.6. The van der Waals surface area contributed by atoms with Crippen molar-refractivity contribution in [3.8, 4) is 5.75 Å². The molecule has 0 aliphatic carbocycles. The van der Waals surface area contributed by atoms with E-state index in [1.165, 1.54) is 18.3 Å². The number of aromatic hydroxyl groups is 1. The van der Waals surface area contributed by atoms with Crippen molar-refractivity contribution in [3.05, 3.63) is 65.7 Å². The topological polar surface area (TPSA) is 81.9 Å². The van der Waals surface area contributed by atoms with Crippen LogP contribution in [0.1, 0.15) is 17.2 Å². The highest BCUT2D eigenvalue weighted by Gasteiger charge is 2.15. The largest absolute Gasteiger partial charge is 0.508 e. The van der Waals surface area contributed by atoms with Crippen LogP contribution < -0.4 is 5.43 Å². The van der Waals surface area contributed by atoms with Gasteiger partial charge in [0.05, 0.1) is 6.21 Å². The summed E-state index contributed by atoms with van der Waals surface area (Å²) in [5, 5.41) is 22.8. The predicted molar refractivity (Wildman–Crippen MR) is 75.2 cm³/mol. The van der Waals surface area contributed by atoms with Gasteiger partial charge in [0.25, 0.3) is 5.91 Å². The Morgan fingerprint density at radius 1 is 1.15 bits per heavy atom. The van der Waals surface area contributed by atoms with Crippen LogP contribution in [0, 0.1) is 0 Å². The molecule has 0 aromatic heterocycles. The molecule has 0 unspecified atom stereocenters. The van der Waals surface area contributed by atoms with E-state index in [1.54, 1.807) is 42.5 Å². The van der Waals surface area contributed by atoms with Crippen molar-refractivity contribution in [2.45, 2.75) is 6.10 Å². The summed E-state index contributed by atoms with van der Waals surface area (Å²) in [4.78, 5) is 11.7. The molecule has 2 rings (SSSR count). The Bertz CT molecular complexity index is 612. The van der Waals surface area contributed by atoms with Crippen LogP contribution in [0.3, 0.4) is 0 Å². The first-order valence-corrected chi connectivity index (χ1v) is 6.02. The van der Waals surface area contributed by atoms with Crippen LogP contribution in [-0.4, -0.2) is 22.3 Å². The van der Waals surface area contributed by atoms with Crippen LogP contribution in [0.2, 0.25) is 0 Å². The molecule has 0 spiro atoms. The van der Waals surface area contributed by atoms with Gasteiger partial charge in [0.15, 0.2) is 6.10 Å². The molecule has 5 heteroatoms. The van der Waals surface area contributed by atoms with Gasteiger partial charge in [-0.2, -0.15) is 5.10 Å². The minimum absolute atomic E-state index is 0.115. The van der Waals surface area contributed by atoms with E-state index in [9.17, 15) is 15.0 Å². The molecule has 0 aliphatic rings. The summed E-state index contributed by atoms with van der Waals surface area (Å²) < 4.78 is 0. The Balaban J connectivity index is 1.95. The van der Waals surface area contributed by atoms with Crippen LogP contribution in [0.5, 0.6) is 5.75 Å². The molecule has 0 saturated carbocycles. The van der Waals surface area contributed by atoms with Gasteiger partial charge in [-0.05, 0) is 23.3 Å². The zero-order chi connectivity index (χ0) is 14.4. The van der Waals surface area contributed by atoms with Crippen molar-refractivity contribution < 1.29 is 15.0 Å². The molecule has 0 bridgehead atoms. The molecule has 0 saturated heterocycles. The van der Waals surface area contributed by atoms with E-state index in [-0.39, 0.29) is 5.75 Å². The first kappa shape index (κ1) is 13.8. The standard InChI is InChI=1S/C15H14N2O3/c18-13-8-4-5-11(9-13)10-16-17-15(20)14(19)12-6-2-1-3-7-12/h1-10,14,18-19H,(H,17,20)/b16-10-/t14-/m0/s1. The van der Waals surface area contributed by atoms with E-state index >= 15 is 0 Å². The number of nitrogens with one attached hydrogen (secondary N) is 1. The van der Waals surface area contributed by atoms with Crippen LogP contribution in [0.4, 0.5) is 0 Å². The minimum atomic E-state index is -1.27. The third kappa shape index (κ3) is 3.66. The predicted octanol–water partition coefficient (Wildman–Crippen LogP) is 1.58. The van der Waals surface area contributed by atoms with E-state index in [0.29, 0.717) is 11.1 Å². The Labute approximate surface area is 116 Å². The van der Waals surface area contributed by atoms with Crippen molar-refractivity contribution in [1.82, 2.24) is 5.43 Å². The quantitative estimate of drug-likeness (QED) is 0.582. The molecule has 5 nitrogen and oxygen atoms in total. The lowest BCUT2D eigenvalue weighted by Gasteiger charge is -2.08. The van der Waals surface area contributed by atoms with Gasteiger partial charge in [-0.3, -0.25) is 4.79 Å². The van der Waals surface area contributed by atoms with Gasteiger partial charge in [0, 0.05) is 0 Å². The molecule has 0 radical (unpaired) electrons. The second kappa shape index (κ2) is 6.49. The van der Waals surface area contributed by atoms with Gasteiger partial charge >= 0.3 is 0 Å². The van der Waals surface area contributed by atoms with Crippen LogP contribution >= 0.6 is 0 Å². The molecular weight excluding hydrogens is 256 g/mol. The van der Waals surface area contributed by atoms with Gasteiger partial charge in [0.2, 0.25) is 0 Å². The lowest BCUT2D eigenvalue weighted by molar-refractivity contribution is -0.129. The highest BCUT2D eigenvalue weighted by atomic mass is 16.3. The Morgan fingerprint density at radius 3 is 2.60 bits per heavy atom. The summed E-state index contributed by atoms with van der Waals surface area (Å²) in [7, 11) is 0. The van der Waals surface area contributed by atoms with Gasteiger partial charge < -0.3 is 10.2 Å². The Kier molecular flexibility index (Phi) is 4.47. The Hall–Kier alpha value is -2.66. The second-order valence-corrected chi connectivity index (χ2v) is 4.14. The summed E-state index contributed by atoms with van der Waals surface area (Å²) in [6, 6.07) is 15.0. The SMILES string of the molecule is O=C(N/N=C\c1cccc(O)c1)[C@@H](O)c1ccccc1. The molecule has 1 amide bonds. The number of rotatable bonds is 4. The van der Waals surface area contributed by atoms with Gasteiger partial charge in [-0.15, -0.1) is 0 Å². The lowest BCUT2D eigenvalue weighted by Crippen LogP contribution is -2.25.